The van der Waals surface area contributed by atoms with Crippen molar-refractivity contribution in [1.29, 1.82) is 0 Å². The molecule has 4 atom stereocenters. The van der Waals surface area contributed by atoms with Crippen molar-refractivity contribution >= 4 is 23.2 Å². The highest BCUT2D eigenvalue weighted by atomic mass is 35.5. The van der Waals surface area contributed by atoms with Gasteiger partial charge in [-0.25, -0.2) is 0 Å². The molecule has 0 spiro atoms. The maximum atomic E-state index is 5.80. The molecule has 0 N–H and O–H groups in total. The molecule has 2 aliphatic rings. The van der Waals surface area contributed by atoms with Crippen molar-refractivity contribution in [3.8, 4) is 0 Å². The summed E-state index contributed by atoms with van der Waals surface area (Å²) in [5.41, 5.74) is 0. The molecule has 0 aromatic rings. The van der Waals surface area contributed by atoms with E-state index in [2.05, 4.69) is 0 Å². The molecule has 0 amide bonds. The van der Waals surface area contributed by atoms with Crippen LogP contribution < -0.4 is 0 Å². The van der Waals surface area contributed by atoms with E-state index in [4.69, 9.17) is 27.9 Å². The third kappa shape index (κ3) is 0.878. The largest absolute Gasteiger partial charge is 0.366 e. The fourth-order valence-electron chi connectivity index (χ4n) is 1.08. The molecule has 50 valence electrons. The summed E-state index contributed by atoms with van der Waals surface area (Å²) in [7, 11) is 0. The Labute approximate surface area is 63.6 Å². The smallest absolute Gasteiger partial charge is 0.106 e. The second-order valence-corrected chi connectivity index (χ2v) is 3.35. The SMILES string of the molecule is ClC1C=CC(Cl)C2OC12. The summed E-state index contributed by atoms with van der Waals surface area (Å²) >= 11 is 11.6. The summed E-state index contributed by atoms with van der Waals surface area (Å²) in [6.07, 6.45) is 4.18. The van der Waals surface area contributed by atoms with Gasteiger partial charge in [0.25, 0.3) is 0 Å². The van der Waals surface area contributed by atoms with Crippen LogP contribution in [-0.2, 0) is 4.74 Å². The summed E-state index contributed by atoms with van der Waals surface area (Å²) in [4.78, 5) is 0. The molecule has 1 nitrogen and oxygen atoms in total. The number of alkyl halides is 2. The first kappa shape index (κ1) is 6.02. The Kier molecular flexibility index (Phi) is 1.26. The average Bonchev–Trinajstić information content (AvgIpc) is 2.57. The summed E-state index contributed by atoms with van der Waals surface area (Å²) in [6, 6.07) is 0. The number of epoxide rings is 1. The monoisotopic (exact) mass is 164 g/mol. The van der Waals surface area contributed by atoms with Crippen LogP contribution in [0.15, 0.2) is 12.2 Å². The molecule has 0 aromatic heterocycles. The van der Waals surface area contributed by atoms with Crippen LogP contribution in [0, 0.1) is 0 Å². The van der Waals surface area contributed by atoms with Crippen molar-refractivity contribution in [1.82, 2.24) is 0 Å². The lowest BCUT2D eigenvalue weighted by atomic mass is 10.1. The predicted molar refractivity (Wildman–Crippen MR) is 37.1 cm³/mol. The van der Waals surface area contributed by atoms with Gasteiger partial charge in [-0.15, -0.1) is 23.2 Å². The summed E-state index contributed by atoms with van der Waals surface area (Å²) in [5.74, 6) is 0. The number of hydrogen-bond acceptors (Lipinski definition) is 1. The molecular formula is C6H6Cl2O. The van der Waals surface area contributed by atoms with Crippen LogP contribution in [-0.4, -0.2) is 23.0 Å². The summed E-state index contributed by atoms with van der Waals surface area (Å²) in [6.45, 7) is 0. The van der Waals surface area contributed by atoms with E-state index < -0.39 is 0 Å². The summed E-state index contributed by atoms with van der Waals surface area (Å²) < 4.78 is 5.18. The van der Waals surface area contributed by atoms with Crippen LogP contribution in [0.5, 0.6) is 0 Å². The Morgan fingerprint density at radius 2 is 1.44 bits per heavy atom. The van der Waals surface area contributed by atoms with Gasteiger partial charge in [0.05, 0.1) is 10.8 Å². The Hall–Kier alpha value is 0.280. The van der Waals surface area contributed by atoms with Gasteiger partial charge in [0.15, 0.2) is 0 Å². The summed E-state index contributed by atoms with van der Waals surface area (Å²) in [5, 5.41) is 0.0926. The normalized spacial score (nSPS) is 54.9. The molecule has 1 heterocycles. The first-order chi connectivity index (χ1) is 4.29. The lowest BCUT2D eigenvalue weighted by Crippen LogP contribution is -2.18. The third-order valence-corrected chi connectivity index (χ3v) is 2.46. The fraction of sp³-hybridized carbons (Fsp3) is 0.667. The van der Waals surface area contributed by atoms with Crippen molar-refractivity contribution in [3.63, 3.8) is 0 Å². The van der Waals surface area contributed by atoms with E-state index >= 15 is 0 Å². The minimum Gasteiger partial charge on any atom is -0.366 e. The zero-order valence-corrected chi connectivity index (χ0v) is 6.14. The zero-order chi connectivity index (χ0) is 6.43. The van der Waals surface area contributed by atoms with Crippen molar-refractivity contribution in [2.24, 2.45) is 0 Å². The van der Waals surface area contributed by atoms with Gasteiger partial charge in [-0.05, 0) is 0 Å². The van der Waals surface area contributed by atoms with E-state index in [1.54, 1.807) is 0 Å². The molecule has 2 rings (SSSR count). The highest BCUT2D eigenvalue weighted by Crippen LogP contribution is 2.38. The lowest BCUT2D eigenvalue weighted by Gasteiger charge is -2.06. The van der Waals surface area contributed by atoms with Gasteiger partial charge >= 0.3 is 0 Å². The maximum absolute atomic E-state index is 5.80. The van der Waals surface area contributed by atoms with Crippen LogP contribution in [0.3, 0.4) is 0 Å². The van der Waals surface area contributed by atoms with Crippen LogP contribution in [0.4, 0.5) is 0 Å². The van der Waals surface area contributed by atoms with E-state index in [-0.39, 0.29) is 23.0 Å². The Morgan fingerprint density at radius 3 is 1.89 bits per heavy atom. The topological polar surface area (TPSA) is 12.5 Å². The molecule has 1 saturated heterocycles. The van der Waals surface area contributed by atoms with Crippen LogP contribution in [0.2, 0.25) is 0 Å². The Bertz CT molecular complexity index is 141. The van der Waals surface area contributed by atoms with E-state index in [1.807, 2.05) is 12.2 Å². The van der Waals surface area contributed by atoms with Gasteiger partial charge in [0.1, 0.15) is 12.2 Å². The van der Waals surface area contributed by atoms with Crippen LogP contribution >= 0.6 is 23.2 Å². The molecule has 4 unspecified atom stereocenters. The lowest BCUT2D eigenvalue weighted by molar-refractivity contribution is 0.378. The fourth-order valence-corrected chi connectivity index (χ4v) is 1.65. The minimum atomic E-state index is 0.0463. The highest BCUT2D eigenvalue weighted by molar-refractivity contribution is 6.25. The molecule has 1 fully saturated rings. The number of hydrogen-bond donors (Lipinski definition) is 0. The van der Waals surface area contributed by atoms with Crippen LogP contribution in [0.1, 0.15) is 0 Å². The van der Waals surface area contributed by atoms with Crippen molar-refractivity contribution < 1.29 is 4.74 Å². The zero-order valence-electron chi connectivity index (χ0n) is 4.63. The van der Waals surface area contributed by atoms with Gasteiger partial charge in [-0.3, -0.25) is 0 Å². The van der Waals surface area contributed by atoms with E-state index in [9.17, 15) is 0 Å². The molecule has 1 aliphatic heterocycles. The van der Waals surface area contributed by atoms with Gasteiger partial charge in [0, 0.05) is 0 Å². The molecule has 3 heteroatoms. The van der Waals surface area contributed by atoms with Gasteiger partial charge in [0.2, 0.25) is 0 Å². The van der Waals surface area contributed by atoms with E-state index in [0.29, 0.717) is 0 Å². The molecular weight excluding hydrogens is 159 g/mol. The second kappa shape index (κ2) is 1.88. The van der Waals surface area contributed by atoms with Gasteiger partial charge < -0.3 is 4.74 Å². The van der Waals surface area contributed by atoms with E-state index in [1.165, 1.54) is 0 Å². The number of fused-ring (bicyclic) bond motifs is 1. The molecule has 0 saturated carbocycles. The van der Waals surface area contributed by atoms with Crippen molar-refractivity contribution in [2.75, 3.05) is 0 Å². The molecule has 9 heavy (non-hydrogen) atoms. The third-order valence-electron chi connectivity index (χ3n) is 1.67. The number of rotatable bonds is 0. The van der Waals surface area contributed by atoms with Gasteiger partial charge in [-0.1, -0.05) is 12.2 Å². The van der Waals surface area contributed by atoms with Crippen molar-refractivity contribution in [2.45, 2.75) is 23.0 Å². The molecule has 1 aliphatic carbocycles. The minimum absolute atomic E-state index is 0.0463. The van der Waals surface area contributed by atoms with E-state index in [0.717, 1.165) is 0 Å². The molecule has 0 aromatic carbocycles. The number of halogens is 2. The standard InChI is InChI=1S/C6H6Cl2O/c7-3-1-2-4(8)6-5(3)9-6/h1-6H. The Balaban J connectivity index is 2.15. The average molecular weight is 165 g/mol. The molecule has 0 radical (unpaired) electrons. The van der Waals surface area contributed by atoms with Gasteiger partial charge in [-0.2, -0.15) is 0 Å². The van der Waals surface area contributed by atoms with Crippen LogP contribution in [0.25, 0.3) is 0 Å². The predicted octanol–water partition coefficient (Wildman–Crippen LogP) is 1.54. The second-order valence-electron chi connectivity index (χ2n) is 2.34. The number of ether oxygens (including phenoxy) is 1. The molecule has 0 bridgehead atoms. The van der Waals surface area contributed by atoms with Crippen molar-refractivity contribution in [3.05, 3.63) is 12.2 Å². The maximum Gasteiger partial charge on any atom is 0.106 e. The Morgan fingerprint density at radius 1 is 1.00 bits per heavy atom. The highest BCUT2D eigenvalue weighted by Gasteiger charge is 2.49. The first-order valence-electron chi connectivity index (χ1n) is 2.91. The first-order valence-corrected chi connectivity index (χ1v) is 3.78. The quantitative estimate of drug-likeness (QED) is 0.301.